The van der Waals surface area contributed by atoms with Crippen molar-refractivity contribution in [2.75, 3.05) is 11.5 Å². The normalized spacial score (nSPS) is 11.4. The van der Waals surface area contributed by atoms with Crippen LogP contribution < -0.4 is 0 Å². The van der Waals surface area contributed by atoms with Gasteiger partial charge in [0, 0.05) is 5.75 Å². The number of rotatable bonds is 4. The lowest BCUT2D eigenvalue weighted by atomic mass is 10.1. The molecule has 0 N–H and O–H groups in total. The van der Waals surface area contributed by atoms with Gasteiger partial charge in [0.1, 0.15) is 17.4 Å². The Morgan fingerprint density at radius 2 is 1.75 bits per heavy atom. The Hall–Kier alpha value is -1.30. The average molecular weight is 248 g/mol. The fourth-order valence-corrected chi connectivity index (χ4v) is 1.89. The van der Waals surface area contributed by atoms with Gasteiger partial charge in [-0.1, -0.05) is 13.0 Å². The molecule has 0 aliphatic rings. The zero-order chi connectivity index (χ0) is 12.3. The van der Waals surface area contributed by atoms with Crippen LogP contribution in [-0.4, -0.2) is 25.7 Å². The van der Waals surface area contributed by atoms with Gasteiger partial charge in [0.25, 0.3) is 0 Å². The molecule has 0 unspecified atom stereocenters. The van der Waals surface area contributed by atoms with Gasteiger partial charge in [-0.15, -0.1) is 0 Å². The van der Waals surface area contributed by atoms with Crippen LogP contribution in [0.3, 0.4) is 0 Å². The summed E-state index contributed by atoms with van der Waals surface area (Å²) in [6.07, 6.45) is 0. The molecule has 0 bridgehead atoms. The molecule has 3 nitrogen and oxygen atoms in total. The van der Waals surface area contributed by atoms with Crippen molar-refractivity contribution in [3.8, 4) is 0 Å². The third-order valence-electron chi connectivity index (χ3n) is 2.03. The lowest BCUT2D eigenvalue weighted by Crippen LogP contribution is -2.19. The van der Waals surface area contributed by atoms with Crippen LogP contribution in [-0.2, 0) is 9.84 Å². The van der Waals surface area contributed by atoms with Gasteiger partial charge in [-0.25, -0.2) is 17.2 Å². The van der Waals surface area contributed by atoms with Gasteiger partial charge < -0.3 is 0 Å². The van der Waals surface area contributed by atoms with Gasteiger partial charge >= 0.3 is 0 Å². The number of benzene rings is 1. The summed E-state index contributed by atoms with van der Waals surface area (Å²) in [5.41, 5.74) is -0.792. The van der Waals surface area contributed by atoms with E-state index in [9.17, 15) is 22.0 Å². The summed E-state index contributed by atoms with van der Waals surface area (Å²) in [6.45, 7) is 1.36. The van der Waals surface area contributed by atoms with E-state index in [4.69, 9.17) is 0 Å². The Labute approximate surface area is 92.0 Å². The van der Waals surface area contributed by atoms with Crippen molar-refractivity contribution in [3.05, 3.63) is 35.4 Å². The van der Waals surface area contributed by atoms with Crippen LogP contribution in [0.4, 0.5) is 8.78 Å². The second-order valence-electron chi connectivity index (χ2n) is 3.20. The second-order valence-corrected chi connectivity index (χ2v) is 5.55. The molecule has 1 aromatic carbocycles. The molecule has 16 heavy (non-hydrogen) atoms. The van der Waals surface area contributed by atoms with Crippen LogP contribution in [0, 0.1) is 11.6 Å². The summed E-state index contributed by atoms with van der Waals surface area (Å²) in [4.78, 5) is 11.4. The van der Waals surface area contributed by atoms with E-state index >= 15 is 0 Å². The van der Waals surface area contributed by atoms with Gasteiger partial charge in [-0.2, -0.15) is 0 Å². The SMILES string of the molecule is CCS(=O)(=O)CC(=O)c1c(F)cccc1F. The van der Waals surface area contributed by atoms with E-state index in [2.05, 4.69) is 0 Å². The van der Waals surface area contributed by atoms with Crippen molar-refractivity contribution in [2.45, 2.75) is 6.92 Å². The lowest BCUT2D eigenvalue weighted by molar-refractivity contribution is 0.101. The number of hydrogen-bond acceptors (Lipinski definition) is 3. The van der Waals surface area contributed by atoms with E-state index in [0.717, 1.165) is 18.2 Å². The summed E-state index contributed by atoms with van der Waals surface area (Å²) in [6, 6.07) is 2.93. The van der Waals surface area contributed by atoms with Crippen molar-refractivity contribution in [3.63, 3.8) is 0 Å². The first-order chi connectivity index (χ1) is 7.37. The van der Waals surface area contributed by atoms with Gasteiger partial charge in [0.15, 0.2) is 15.6 Å². The van der Waals surface area contributed by atoms with Crippen LogP contribution in [0.15, 0.2) is 18.2 Å². The minimum absolute atomic E-state index is 0.241. The number of ketones is 1. The highest BCUT2D eigenvalue weighted by atomic mass is 32.2. The Kier molecular flexibility index (Phi) is 3.74. The molecule has 0 fully saturated rings. The van der Waals surface area contributed by atoms with E-state index in [0.29, 0.717) is 0 Å². The largest absolute Gasteiger partial charge is 0.293 e. The lowest BCUT2D eigenvalue weighted by Gasteiger charge is -2.03. The predicted octanol–water partition coefficient (Wildman–Crippen LogP) is 1.58. The molecule has 0 amide bonds. The molecule has 0 spiro atoms. The molecule has 0 atom stereocenters. The highest BCUT2D eigenvalue weighted by Crippen LogP contribution is 2.13. The molecule has 1 rings (SSSR count). The van der Waals surface area contributed by atoms with Crippen LogP contribution in [0.5, 0.6) is 0 Å². The fraction of sp³-hybridized carbons (Fsp3) is 0.300. The van der Waals surface area contributed by atoms with Gasteiger partial charge in [0.2, 0.25) is 0 Å². The topological polar surface area (TPSA) is 51.2 Å². The smallest absolute Gasteiger partial charge is 0.183 e. The highest BCUT2D eigenvalue weighted by Gasteiger charge is 2.22. The molecule has 1 aromatic rings. The van der Waals surface area contributed by atoms with Gasteiger partial charge in [-0.05, 0) is 12.1 Å². The summed E-state index contributed by atoms with van der Waals surface area (Å²) in [5.74, 6) is -4.26. The Morgan fingerprint density at radius 1 is 1.25 bits per heavy atom. The van der Waals surface area contributed by atoms with Crippen molar-refractivity contribution in [1.82, 2.24) is 0 Å². The maximum atomic E-state index is 13.1. The first-order valence-corrected chi connectivity index (χ1v) is 6.37. The zero-order valence-electron chi connectivity index (χ0n) is 8.54. The zero-order valence-corrected chi connectivity index (χ0v) is 9.35. The van der Waals surface area contributed by atoms with E-state index in [-0.39, 0.29) is 5.75 Å². The predicted molar refractivity (Wildman–Crippen MR) is 55.0 cm³/mol. The van der Waals surface area contributed by atoms with Crippen LogP contribution in [0.2, 0.25) is 0 Å². The minimum atomic E-state index is -3.58. The average Bonchev–Trinajstić information content (AvgIpc) is 2.16. The molecule has 0 saturated heterocycles. The van der Waals surface area contributed by atoms with E-state index in [1.165, 1.54) is 6.92 Å². The molecule has 0 aromatic heterocycles. The number of carbonyl (C=O) groups is 1. The number of Topliss-reactive ketones (excluding diaryl/α,β-unsaturated/α-hetero) is 1. The Bertz CT molecular complexity index is 489. The summed E-state index contributed by atoms with van der Waals surface area (Å²) < 4.78 is 48.5. The molecular formula is C10H10F2O3S. The van der Waals surface area contributed by atoms with Gasteiger partial charge in [-0.3, -0.25) is 4.79 Å². The number of halogens is 2. The molecular weight excluding hydrogens is 238 g/mol. The van der Waals surface area contributed by atoms with Crippen LogP contribution in [0.1, 0.15) is 17.3 Å². The Balaban J connectivity index is 3.07. The van der Waals surface area contributed by atoms with Crippen LogP contribution in [0.25, 0.3) is 0 Å². The number of carbonyl (C=O) groups excluding carboxylic acids is 1. The third-order valence-corrected chi connectivity index (χ3v) is 3.61. The number of sulfone groups is 1. The summed E-state index contributed by atoms with van der Waals surface area (Å²) in [5, 5.41) is 0. The molecule has 6 heteroatoms. The summed E-state index contributed by atoms with van der Waals surface area (Å²) >= 11 is 0. The third kappa shape index (κ3) is 2.85. The van der Waals surface area contributed by atoms with E-state index in [1.807, 2.05) is 0 Å². The quantitative estimate of drug-likeness (QED) is 0.760. The molecule has 0 aliphatic heterocycles. The van der Waals surface area contributed by atoms with Crippen molar-refractivity contribution in [2.24, 2.45) is 0 Å². The van der Waals surface area contributed by atoms with Crippen molar-refractivity contribution >= 4 is 15.6 Å². The standard InChI is InChI=1S/C10H10F2O3S/c1-2-16(14,15)6-9(13)10-7(11)4-3-5-8(10)12/h3-5H,2,6H2,1H3. The van der Waals surface area contributed by atoms with Crippen molar-refractivity contribution in [1.29, 1.82) is 0 Å². The van der Waals surface area contributed by atoms with E-state index < -0.39 is 38.6 Å². The highest BCUT2D eigenvalue weighted by molar-refractivity contribution is 7.92. The molecule has 0 aliphatic carbocycles. The monoisotopic (exact) mass is 248 g/mol. The van der Waals surface area contributed by atoms with Crippen LogP contribution >= 0.6 is 0 Å². The molecule has 0 saturated carbocycles. The van der Waals surface area contributed by atoms with Gasteiger partial charge in [0.05, 0.1) is 5.56 Å². The first kappa shape index (κ1) is 12.8. The molecule has 88 valence electrons. The summed E-state index contributed by atoms with van der Waals surface area (Å²) in [7, 11) is -3.58. The molecule has 0 heterocycles. The molecule has 0 radical (unpaired) electrons. The Morgan fingerprint density at radius 3 is 2.19 bits per heavy atom. The maximum Gasteiger partial charge on any atom is 0.183 e. The maximum absolute atomic E-state index is 13.1. The van der Waals surface area contributed by atoms with E-state index in [1.54, 1.807) is 0 Å². The minimum Gasteiger partial charge on any atom is -0.293 e. The second kappa shape index (κ2) is 4.69. The fourth-order valence-electron chi connectivity index (χ4n) is 1.14. The first-order valence-electron chi connectivity index (χ1n) is 4.55. The number of hydrogen-bond donors (Lipinski definition) is 0. The van der Waals surface area contributed by atoms with Crippen molar-refractivity contribution < 1.29 is 22.0 Å².